The normalized spacial score (nSPS) is 15.3. The zero-order valence-electron chi connectivity index (χ0n) is 13.5. The Labute approximate surface area is 146 Å². The second-order valence-corrected chi connectivity index (χ2v) is 7.90. The maximum Gasteiger partial charge on any atom is 0.314 e. The molecule has 0 radical (unpaired) electrons. The molecule has 1 aliphatic rings. The molecule has 0 fully saturated rings. The summed E-state index contributed by atoms with van der Waals surface area (Å²) in [6.45, 7) is 0.548. The van der Waals surface area contributed by atoms with Crippen LogP contribution < -0.4 is 11.1 Å². The number of sulfonamides is 1. The highest BCUT2D eigenvalue weighted by atomic mass is 32.2. The molecule has 1 aromatic carbocycles. The van der Waals surface area contributed by atoms with Crippen molar-refractivity contribution in [2.24, 2.45) is 0 Å². The highest BCUT2D eigenvalue weighted by Gasteiger charge is 2.29. The van der Waals surface area contributed by atoms with Crippen molar-refractivity contribution < 1.29 is 13.5 Å². The van der Waals surface area contributed by atoms with Gasteiger partial charge < -0.3 is 15.1 Å². The van der Waals surface area contributed by atoms with Gasteiger partial charge in [-0.05, 0) is 24.3 Å². The van der Waals surface area contributed by atoms with E-state index in [2.05, 4.69) is 15.1 Å². The van der Waals surface area contributed by atoms with Crippen molar-refractivity contribution in [2.75, 3.05) is 6.54 Å². The Morgan fingerprint density at radius 1 is 1.08 bits per heavy atom. The molecule has 136 valence electrons. The van der Waals surface area contributed by atoms with Crippen LogP contribution in [-0.4, -0.2) is 44.1 Å². The number of aliphatic hydroxyl groups excluding tert-OH is 1. The van der Waals surface area contributed by atoms with E-state index in [0.717, 1.165) is 0 Å². The fraction of sp³-hybridized carbons (Fsp3) is 0.267. The Hall–Kier alpha value is -2.76. The summed E-state index contributed by atoms with van der Waals surface area (Å²) in [5.74, 6) is 0. The Balaban J connectivity index is 1.72. The summed E-state index contributed by atoms with van der Waals surface area (Å²) in [6, 6.07) is 5.83. The van der Waals surface area contributed by atoms with Crippen LogP contribution in [0.25, 0.3) is 11.0 Å². The maximum atomic E-state index is 13.0. The summed E-state index contributed by atoms with van der Waals surface area (Å²) in [5.41, 5.74) is 0.134. The second kappa shape index (κ2) is 5.90. The van der Waals surface area contributed by atoms with E-state index in [-0.39, 0.29) is 30.1 Å². The lowest BCUT2D eigenvalue weighted by Crippen LogP contribution is -2.38. The van der Waals surface area contributed by atoms with Gasteiger partial charge >= 0.3 is 11.1 Å². The van der Waals surface area contributed by atoms with Gasteiger partial charge in [0.05, 0.1) is 47.0 Å². The van der Waals surface area contributed by atoms with E-state index in [9.17, 15) is 23.1 Å². The fourth-order valence-corrected chi connectivity index (χ4v) is 4.42. The molecule has 26 heavy (non-hydrogen) atoms. The number of fused-ring (bicyclic) bond motifs is 2. The van der Waals surface area contributed by atoms with Gasteiger partial charge in [0.15, 0.2) is 0 Å². The molecule has 0 spiro atoms. The number of aliphatic hydroxyl groups is 1. The topological polar surface area (TPSA) is 141 Å². The number of H-pyrrole nitrogens is 2. The van der Waals surface area contributed by atoms with Gasteiger partial charge in [0.2, 0.25) is 10.0 Å². The molecule has 3 heterocycles. The van der Waals surface area contributed by atoms with Gasteiger partial charge in [0.25, 0.3) is 0 Å². The molecule has 0 saturated carbocycles. The predicted molar refractivity (Wildman–Crippen MR) is 90.9 cm³/mol. The molecular formula is C15H15N5O5S. The molecule has 11 heteroatoms. The molecular weight excluding hydrogens is 362 g/mol. The summed E-state index contributed by atoms with van der Waals surface area (Å²) in [5, 5.41) is 13.4. The van der Waals surface area contributed by atoms with Crippen LogP contribution in [0.4, 0.5) is 0 Å². The van der Waals surface area contributed by atoms with E-state index >= 15 is 0 Å². The first-order valence-corrected chi connectivity index (χ1v) is 9.25. The average Bonchev–Trinajstić information content (AvgIpc) is 3.04. The van der Waals surface area contributed by atoms with Crippen molar-refractivity contribution in [2.45, 2.75) is 24.6 Å². The molecule has 0 bridgehead atoms. The number of nitrogens with one attached hydrogen (secondary N) is 2. The molecule has 3 aromatic rings. The maximum absolute atomic E-state index is 13.0. The van der Waals surface area contributed by atoms with Crippen molar-refractivity contribution in [3.8, 4) is 0 Å². The molecule has 0 amide bonds. The van der Waals surface area contributed by atoms with Crippen molar-refractivity contribution in [1.29, 1.82) is 0 Å². The van der Waals surface area contributed by atoms with Crippen molar-refractivity contribution in [3.05, 3.63) is 56.4 Å². The number of nitrogens with zero attached hydrogens (tertiary/aromatic N) is 3. The number of aromatic nitrogens is 4. The SMILES string of the molecule is O=c1[nH]c2ccc(S(=O)(=O)N3CCn4nc(CO)cc4C3)cc2[nH]c1=O. The third kappa shape index (κ3) is 2.66. The smallest absolute Gasteiger partial charge is 0.314 e. The van der Waals surface area contributed by atoms with Crippen LogP contribution in [0.5, 0.6) is 0 Å². The Morgan fingerprint density at radius 2 is 1.81 bits per heavy atom. The number of aromatic amines is 2. The summed E-state index contributed by atoms with van der Waals surface area (Å²) >= 11 is 0. The largest absolute Gasteiger partial charge is 0.390 e. The second-order valence-electron chi connectivity index (χ2n) is 5.96. The summed E-state index contributed by atoms with van der Waals surface area (Å²) < 4.78 is 28.9. The quantitative estimate of drug-likeness (QED) is 0.506. The molecule has 0 atom stereocenters. The zero-order valence-corrected chi connectivity index (χ0v) is 14.3. The molecule has 0 aliphatic carbocycles. The van der Waals surface area contributed by atoms with Gasteiger partial charge in [-0.1, -0.05) is 0 Å². The monoisotopic (exact) mass is 377 g/mol. The molecule has 3 N–H and O–H groups in total. The highest BCUT2D eigenvalue weighted by molar-refractivity contribution is 7.89. The first kappa shape index (κ1) is 16.7. The summed E-state index contributed by atoms with van der Waals surface area (Å²) in [6.07, 6.45) is 0. The van der Waals surface area contributed by atoms with Gasteiger partial charge in [-0.25, -0.2) is 8.42 Å². The first-order chi connectivity index (χ1) is 12.4. The van der Waals surface area contributed by atoms with E-state index in [1.807, 2.05) is 0 Å². The van der Waals surface area contributed by atoms with Crippen LogP contribution in [0.1, 0.15) is 11.4 Å². The van der Waals surface area contributed by atoms with Crippen LogP contribution in [0, 0.1) is 0 Å². The van der Waals surface area contributed by atoms with Gasteiger partial charge in [-0.2, -0.15) is 9.40 Å². The standard InChI is InChI=1S/C15H15N5O5S/c21-8-9-5-10-7-19(3-4-20(10)18-9)26(24,25)11-1-2-12-13(6-11)17-15(23)14(22)16-12/h1-2,5-6,21H,3-4,7-8H2,(H,16,22)(H,17,23). The van der Waals surface area contributed by atoms with Gasteiger partial charge in [0.1, 0.15) is 0 Å². The molecule has 4 rings (SSSR count). The molecule has 1 aliphatic heterocycles. The minimum atomic E-state index is -3.80. The van der Waals surface area contributed by atoms with Gasteiger partial charge in [0, 0.05) is 6.54 Å². The highest BCUT2D eigenvalue weighted by Crippen LogP contribution is 2.23. The summed E-state index contributed by atoms with van der Waals surface area (Å²) in [7, 11) is -3.80. The summed E-state index contributed by atoms with van der Waals surface area (Å²) in [4.78, 5) is 27.6. The van der Waals surface area contributed by atoms with E-state index in [0.29, 0.717) is 23.4 Å². The number of hydrogen-bond acceptors (Lipinski definition) is 6. The fourth-order valence-electron chi connectivity index (χ4n) is 2.99. The van der Waals surface area contributed by atoms with Crippen LogP contribution in [0.2, 0.25) is 0 Å². The zero-order chi connectivity index (χ0) is 18.5. The van der Waals surface area contributed by atoms with Crippen LogP contribution in [0.15, 0.2) is 38.8 Å². The van der Waals surface area contributed by atoms with Crippen molar-refractivity contribution in [3.63, 3.8) is 0 Å². The lowest BCUT2D eigenvalue weighted by molar-refractivity contribution is 0.273. The van der Waals surface area contributed by atoms with Crippen molar-refractivity contribution >= 4 is 21.1 Å². The van der Waals surface area contributed by atoms with E-state index < -0.39 is 21.1 Å². The third-order valence-corrected chi connectivity index (χ3v) is 6.15. The van der Waals surface area contributed by atoms with E-state index in [4.69, 9.17) is 0 Å². The van der Waals surface area contributed by atoms with Crippen LogP contribution in [-0.2, 0) is 29.7 Å². The minimum absolute atomic E-state index is 0.0167. The lowest BCUT2D eigenvalue weighted by atomic mass is 10.3. The molecule has 0 unspecified atom stereocenters. The van der Waals surface area contributed by atoms with Gasteiger partial charge in [-0.15, -0.1) is 0 Å². The van der Waals surface area contributed by atoms with Gasteiger partial charge in [-0.3, -0.25) is 14.3 Å². The molecule has 2 aromatic heterocycles. The third-order valence-electron chi connectivity index (χ3n) is 4.31. The lowest BCUT2D eigenvalue weighted by Gasteiger charge is -2.27. The first-order valence-electron chi connectivity index (χ1n) is 7.81. The van der Waals surface area contributed by atoms with E-state index in [1.165, 1.54) is 22.5 Å². The predicted octanol–water partition coefficient (Wildman–Crippen LogP) is -0.890. The number of rotatable bonds is 3. The van der Waals surface area contributed by atoms with Crippen LogP contribution >= 0.6 is 0 Å². The van der Waals surface area contributed by atoms with Crippen LogP contribution in [0.3, 0.4) is 0 Å². The average molecular weight is 377 g/mol. The molecule has 10 nitrogen and oxygen atoms in total. The Kier molecular flexibility index (Phi) is 3.79. The minimum Gasteiger partial charge on any atom is -0.390 e. The number of benzene rings is 1. The van der Waals surface area contributed by atoms with Crippen molar-refractivity contribution in [1.82, 2.24) is 24.1 Å². The molecule has 0 saturated heterocycles. The van der Waals surface area contributed by atoms with E-state index in [1.54, 1.807) is 10.7 Å². The number of hydrogen-bond donors (Lipinski definition) is 3. The Bertz CT molecular complexity index is 1220. The Morgan fingerprint density at radius 3 is 2.54 bits per heavy atom.